The molecule has 0 spiro atoms. The quantitative estimate of drug-likeness (QED) is 0.526. The van der Waals surface area contributed by atoms with E-state index in [1.807, 2.05) is 6.92 Å². The second-order valence-corrected chi connectivity index (χ2v) is 5.67. The van der Waals surface area contributed by atoms with Crippen LogP contribution in [-0.4, -0.2) is 34.4 Å². The zero-order valence-electron chi connectivity index (χ0n) is 14.6. The first-order chi connectivity index (χ1) is 11.8. The minimum absolute atomic E-state index is 0.293. The number of aryl methyl sites for hydroxylation is 3. The first kappa shape index (κ1) is 16.6. The van der Waals surface area contributed by atoms with Crippen LogP contribution in [0, 0.1) is 6.92 Å². The van der Waals surface area contributed by atoms with Gasteiger partial charge in [-0.3, -0.25) is 23.9 Å². The molecule has 0 saturated heterocycles. The highest BCUT2D eigenvalue weighted by Crippen LogP contribution is 2.13. The molecule has 0 aliphatic rings. The van der Waals surface area contributed by atoms with E-state index < -0.39 is 11.2 Å². The van der Waals surface area contributed by atoms with Gasteiger partial charge in [0.2, 0.25) is 5.95 Å². The van der Waals surface area contributed by atoms with E-state index in [1.165, 1.54) is 11.6 Å². The van der Waals surface area contributed by atoms with Gasteiger partial charge in [-0.2, -0.15) is 10.1 Å². The molecule has 0 aliphatic heterocycles. The summed E-state index contributed by atoms with van der Waals surface area (Å²) in [5.41, 5.74) is 4.64. The molecule has 0 atom stereocenters. The molecule has 0 saturated carbocycles. The minimum atomic E-state index is -0.433. The number of nitrogens with zero attached hydrogens (tertiary/aromatic N) is 7. The van der Waals surface area contributed by atoms with Gasteiger partial charge in [-0.1, -0.05) is 0 Å². The molecule has 25 heavy (non-hydrogen) atoms. The number of aromatic nitrogens is 6. The zero-order chi connectivity index (χ0) is 18.3. The molecule has 10 nitrogen and oxygen atoms in total. The van der Waals surface area contributed by atoms with Gasteiger partial charge in [-0.05, 0) is 13.8 Å². The lowest BCUT2D eigenvalue weighted by Crippen LogP contribution is -2.37. The average Bonchev–Trinajstić information content (AvgIpc) is 2.93. The Balaban J connectivity index is 2.08. The molecule has 0 radical (unpaired) electrons. The molecular weight excluding hydrogens is 324 g/mol. The van der Waals surface area contributed by atoms with E-state index in [9.17, 15) is 9.59 Å². The lowest BCUT2D eigenvalue weighted by Gasteiger charge is -2.05. The summed E-state index contributed by atoms with van der Waals surface area (Å²) in [6.07, 6.45) is 3.21. The van der Waals surface area contributed by atoms with E-state index in [4.69, 9.17) is 0 Å². The summed E-state index contributed by atoms with van der Waals surface area (Å²) in [7, 11) is 4.68. The van der Waals surface area contributed by atoms with Gasteiger partial charge < -0.3 is 4.57 Å². The molecule has 130 valence electrons. The Morgan fingerprint density at radius 1 is 1.08 bits per heavy atom. The molecular formula is C15H18N8O2. The third-order valence-electron chi connectivity index (χ3n) is 4.02. The van der Waals surface area contributed by atoms with Crippen molar-refractivity contribution in [2.75, 3.05) is 5.43 Å². The molecule has 0 bridgehead atoms. The Bertz CT molecular complexity index is 1120. The average molecular weight is 342 g/mol. The Labute approximate surface area is 142 Å². The lowest BCUT2D eigenvalue weighted by atomic mass is 10.2. The second kappa shape index (κ2) is 5.96. The van der Waals surface area contributed by atoms with Crippen molar-refractivity contribution in [3.05, 3.63) is 44.6 Å². The molecule has 0 fully saturated rings. The van der Waals surface area contributed by atoms with E-state index in [1.54, 1.807) is 38.0 Å². The van der Waals surface area contributed by atoms with Crippen LogP contribution in [0.5, 0.6) is 0 Å². The summed E-state index contributed by atoms with van der Waals surface area (Å²) in [5.74, 6) is 0.342. The van der Waals surface area contributed by atoms with E-state index in [0.717, 1.165) is 10.3 Å². The SMILES string of the molecule is CC(=NNc1nc2c(c(=O)n(C)c(=O)n2C)n1C)c1nccnc1C. The zero-order valence-corrected chi connectivity index (χ0v) is 14.6. The van der Waals surface area contributed by atoms with E-state index >= 15 is 0 Å². The van der Waals surface area contributed by atoms with Crippen LogP contribution in [0.3, 0.4) is 0 Å². The van der Waals surface area contributed by atoms with Crippen molar-refractivity contribution >= 4 is 22.8 Å². The number of nitrogens with one attached hydrogen (secondary N) is 1. The Morgan fingerprint density at radius 3 is 2.44 bits per heavy atom. The van der Waals surface area contributed by atoms with Crippen LogP contribution in [0.4, 0.5) is 5.95 Å². The monoisotopic (exact) mass is 342 g/mol. The van der Waals surface area contributed by atoms with Crippen molar-refractivity contribution in [1.82, 2.24) is 28.7 Å². The Hall–Kier alpha value is -3.30. The highest BCUT2D eigenvalue weighted by atomic mass is 16.2. The normalized spacial score (nSPS) is 12.0. The van der Waals surface area contributed by atoms with Crippen LogP contribution in [0.2, 0.25) is 0 Å². The van der Waals surface area contributed by atoms with Crippen LogP contribution >= 0.6 is 0 Å². The molecule has 0 aromatic carbocycles. The summed E-state index contributed by atoms with van der Waals surface area (Å²) in [5, 5.41) is 4.27. The second-order valence-electron chi connectivity index (χ2n) is 5.67. The maximum Gasteiger partial charge on any atom is 0.332 e. The molecule has 0 amide bonds. The first-order valence-corrected chi connectivity index (χ1v) is 7.53. The van der Waals surface area contributed by atoms with Gasteiger partial charge >= 0.3 is 5.69 Å². The smallest absolute Gasteiger partial charge is 0.306 e. The largest absolute Gasteiger partial charge is 0.332 e. The summed E-state index contributed by atoms with van der Waals surface area (Å²) in [6, 6.07) is 0. The topological polar surface area (TPSA) is 112 Å². The summed E-state index contributed by atoms with van der Waals surface area (Å²) in [6.45, 7) is 3.64. The van der Waals surface area contributed by atoms with Gasteiger partial charge in [-0.15, -0.1) is 0 Å². The van der Waals surface area contributed by atoms with Gasteiger partial charge in [0.05, 0.1) is 11.4 Å². The van der Waals surface area contributed by atoms with Crippen LogP contribution in [-0.2, 0) is 21.1 Å². The predicted octanol–water partition coefficient (Wildman–Crippen LogP) is -0.0948. The maximum atomic E-state index is 12.3. The van der Waals surface area contributed by atoms with Crippen LogP contribution < -0.4 is 16.7 Å². The van der Waals surface area contributed by atoms with Gasteiger partial charge in [0.1, 0.15) is 5.69 Å². The first-order valence-electron chi connectivity index (χ1n) is 7.53. The molecule has 3 aromatic rings. The lowest BCUT2D eigenvalue weighted by molar-refractivity contribution is 0.705. The molecule has 3 aromatic heterocycles. The van der Waals surface area contributed by atoms with Crippen molar-refractivity contribution in [1.29, 1.82) is 0 Å². The Morgan fingerprint density at radius 2 is 1.76 bits per heavy atom. The van der Waals surface area contributed by atoms with Crippen LogP contribution in [0.25, 0.3) is 11.2 Å². The van der Waals surface area contributed by atoms with E-state index in [0.29, 0.717) is 28.5 Å². The van der Waals surface area contributed by atoms with Crippen LogP contribution in [0.1, 0.15) is 18.3 Å². The molecule has 0 unspecified atom stereocenters. The minimum Gasteiger partial charge on any atom is -0.306 e. The number of hydrogen-bond donors (Lipinski definition) is 1. The summed E-state index contributed by atoms with van der Waals surface area (Å²) >= 11 is 0. The number of fused-ring (bicyclic) bond motifs is 1. The summed E-state index contributed by atoms with van der Waals surface area (Å²) in [4.78, 5) is 37.1. The number of imidazole rings is 1. The van der Waals surface area contributed by atoms with Crippen molar-refractivity contribution < 1.29 is 0 Å². The van der Waals surface area contributed by atoms with Crippen LogP contribution in [0.15, 0.2) is 27.1 Å². The van der Waals surface area contributed by atoms with Gasteiger partial charge in [-0.25, -0.2) is 10.2 Å². The fourth-order valence-electron chi connectivity index (χ4n) is 2.57. The van der Waals surface area contributed by atoms with Crippen molar-refractivity contribution in [3.8, 4) is 0 Å². The van der Waals surface area contributed by atoms with Gasteiger partial charge in [0.15, 0.2) is 11.2 Å². The molecule has 1 N–H and O–H groups in total. The fourth-order valence-corrected chi connectivity index (χ4v) is 2.57. The number of rotatable bonds is 3. The maximum absolute atomic E-state index is 12.3. The number of hydrazone groups is 1. The predicted molar refractivity (Wildman–Crippen MR) is 93.8 cm³/mol. The number of anilines is 1. The Kier molecular flexibility index (Phi) is 3.95. The van der Waals surface area contributed by atoms with Gasteiger partial charge in [0, 0.05) is 33.5 Å². The third-order valence-corrected chi connectivity index (χ3v) is 4.02. The molecule has 10 heteroatoms. The molecule has 3 heterocycles. The molecule has 0 aliphatic carbocycles. The third kappa shape index (κ3) is 2.61. The number of hydrogen-bond acceptors (Lipinski definition) is 7. The highest BCUT2D eigenvalue weighted by Gasteiger charge is 2.16. The molecule has 3 rings (SSSR count). The highest BCUT2D eigenvalue weighted by molar-refractivity contribution is 5.98. The standard InChI is InChI=1S/C15H18N8O2/c1-8-10(17-7-6-16-8)9(2)19-20-14-18-12-11(21(14)3)13(24)23(5)15(25)22(12)4/h6-7H,1-5H3,(H,18,20). The van der Waals surface area contributed by atoms with Crippen molar-refractivity contribution in [2.24, 2.45) is 26.2 Å². The summed E-state index contributed by atoms with van der Waals surface area (Å²) < 4.78 is 3.94. The van der Waals surface area contributed by atoms with E-state index in [2.05, 4.69) is 25.5 Å². The van der Waals surface area contributed by atoms with E-state index in [-0.39, 0.29) is 0 Å². The van der Waals surface area contributed by atoms with Crippen molar-refractivity contribution in [2.45, 2.75) is 13.8 Å². The fraction of sp³-hybridized carbons (Fsp3) is 0.333. The van der Waals surface area contributed by atoms with Crippen molar-refractivity contribution in [3.63, 3.8) is 0 Å². The van der Waals surface area contributed by atoms with Gasteiger partial charge in [0.25, 0.3) is 5.56 Å².